The largest absolute Gasteiger partial charge is 0.396 e. The molecule has 10 nitrogen and oxygen atoms in total. The topological polar surface area (TPSA) is 103 Å². The summed E-state index contributed by atoms with van der Waals surface area (Å²) in [5, 5.41) is 9.24. The lowest BCUT2D eigenvalue weighted by Gasteiger charge is -2.39. The first-order valence-corrected chi connectivity index (χ1v) is 16.4. The second kappa shape index (κ2) is 13.1. The number of carbonyl (C=O) groups excluding carboxylic acids is 3. The number of para-hydroxylation sites is 1. The monoisotopic (exact) mass is 606 g/mol. The number of morpholine rings is 1. The number of aliphatic hydroxyl groups excluding tert-OH is 1. The summed E-state index contributed by atoms with van der Waals surface area (Å²) in [6, 6.07) is 8.71. The first-order valence-electron chi connectivity index (χ1n) is 16.4. The summed E-state index contributed by atoms with van der Waals surface area (Å²) in [5.41, 5.74) is -1.47. The van der Waals surface area contributed by atoms with E-state index in [1.807, 2.05) is 66.5 Å². The third-order valence-electron chi connectivity index (χ3n) is 10.2. The van der Waals surface area contributed by atoms with Crippen molar-refractivity contribution < 1.29 is 29.0 Å². The van der Waals surface area contributed by atoms with Crippen LogP contribution in [0.25, 0.3) is 0 Å². The van der Waals surface area contributed by atoms with Gasteiger partial charge in [0.25, 0.3) is 0 Å². The molecule has 3 fully saturated rings. The highest BCUT2D eigenvalue weighted by molar-refractivity contribution is 6.04. The van der Waals surface area contributed by atoms with E-state index < -0.39 is 29.1 Å². The summed E-state index contributed by atoms with van der Waals surface area (Å²) in [7, 11) is 0. The number of unbranched alkanes of at least 4 members (excludes halogenated alkanes) is 3. The van der Waals surface area contributed by atoms with E-state index in [0.717, 1.165) is 38.2 Å². The molecule has 5 aliphatic rings. The van der Waals surface area contributed by atoms with Gasteiger partial charge in [-0.15, -0.1) is 0 Å². The number of amides is 3. The van der Waals surface area contributed by atoms with Crippen LogP contribution in [-0.4, -0.2) is 120 Å². The number of aliphatic hydroxyl groups is 1. The molecule has 0 aromatic heterocycles. The molecule has 1 aromatic carbocycles. The average Bonchev–Trinajstić information content (AvgIpc) is 3.33. The summed E-state index contributed by atoms with van der Waals surface area (Å²) in [6.45, 7) is 7.69. The van der Waals surface area contributed by atoms with Crippen molar-refractivity contribution in [3.63, 3.8) is 0 Å². The van der Waals surface area contributed by atoms with Crippen LogP contribution in [-0.2, 0) is 23.9 Å². The highest BCUT2D eigenvalue weighted by atomic mass is 16.5. The molecule has 0 aliphatic carbocycles. The van der Waals surface area contributed by atoms with Crippen molar-refractivity contribution in [1.82, 2.24) is 14.7 Å². The fourth-order valence-electron chi connectivity index (χ4n) is 7.92. The number of nitrogens with zero attached hydrogens (tertiary/aromatic N) is 4. The lowest BCUT2D eigenvalue weighted by atomic mass is 9.73. The van der Waals surface area contributed by atoms with E-state index in [4.69, 9.17) is 9.47 Å². The van der Waals surface area contributed by atoms with Crippen molar-refractivity contribution in [2.45, 2.75) is 56.3 Å². The van der Waals surface area contributed by atoms with Gasteiger partial charge in [0.15, 0.2) is 0 Å². The summed E-state index contributed by atoms with van der Waals surface area (Å²) in [4.78, 5) is 51.4. The number of hydrogen-bond acceptors (Lipinski definition) is 7. The van der Waals surface area contributed by atoms with E-state index in [1.165, 1.54) is 0 Å². The van der Waals surface area contributed by atoms with Crippen molar-refractivity contribution in [1.29, 1.82) is 0 Å². The smallest absolute Gasteiger partial charge is 0.249 e. The molecular weight excluding hydrogens is 560 g/mol. The number of likely N-dealkylation sites (tertiary alicyclic amines) is 1. The van der Waals surface area contributed by atoms with Crippen LogP contribution in [0.4, 0.5) is 5.69 Å². The van der Waals surface area contributed by atoms with Gasteiger partial charge in [-0.1, -0.05) is 62.3 Å². The Labute approximate surface area is 260 Å². The molecule has 0 radical (unpaired) electrons. The molecule has 3 amide bonds. The summed E-state index contributed by atoms with van der Waals surface area (Å²) < 4.78 is 12.6. The molecule has 5 atom stereocenters. The van der Waals surface area contributed by atoms with Gasteiger partial charge in [-0.05, 0) is 31.4 Å². The first kappa shape index (κ1) is 31.0. The fraction of sp³-hybridized carbons (Fsp3) is 0.618. The van der Waals surface area contributed by atoms with Crippen LogP contribution in [0.2, 0.25) is 0 Å². The zero-order chi connectivity index (χ0) is 30.7. The van der Waals surface area contributed by atoms with E-state index in [2.05, 4.69) is 4.90 Å². The van der Waals surface area contributed by atoms with E-state index in [1.54, 1.807) is 9.80 Å². The Hall–Kier alpha value is -3.05. The molecule has 0 saturated carbocycles. The molecule has 1 unspecified atom stereocenters. The van der Waals surface area contributed by atoms with Gasteiger partial charge >= 0.3 is 0 Å². The number of anilines is 1. The fourth-order valence-corrected chi connectivity index (χ4v) is 7.92. The molecule has 5 aliphatic heterocycles. The van der Waals surface area contributed by atoms with E-state index >= 15 is 0 Å². The van der Waals surface area contributed by atoms with Gasteiger partial charge in [-0.25, -0.2) is 0 Å². The van der Waals surface area contributed by atoms with E-state index in [9.17, 15) is 19.5 Å². The van der Waals surface area contributed by atoms with Crippen LogP contribution in [0.5, 0.6) is 0 Å². The SMILES string of the molecule is CC[C@@]12C=CCN(c3ccccc3)C(=O)[C@@H]1[C@H]1C(=O)N(CCCCCCO)C3C(=O)N(CCN4CCOCC4)CC=C[C@@]31O2. The lowest BCUT2D eigenvalue weighted by Crippen LogP contribution is -2.57. The maximum Gasteiger partial charge on any atom is 0.249 e. The van der Waals surface area contributed by atoms with Crippen LogP contribution in [0, 0.1) is 11.8 Å². The summed E-state index contributed by atoms with van der Waals surface area (Å²) in [6.07, 6.45) is 11.5. The highest BCUT2D eigenvalue weighted by Crippen LogP contribution is 2.58. The Kier molecular flexibility index (Phi) is 9.23. The zero-order valence-corrected chi connectivity index (χ0v) is 25.8. The van der Waals surface area contributed by atoms with Crippen LogP contribution < -0.4 is 4.90 Å². The molecular formula is C34H46N4O6. The predicted octanol–water partition coefficient (Wildman–Crippen LogP) is 2.23. The third kappa shape index (κ3) is 5.40. The van der Waals surface area contributed by atoms with E-state index in [0.29, 0.717) is 58.7 Å². The number of fused-ring (bicyclic) bond motifs is 2. The van der Waals surface area contributed by atoms with Crippen LogP contribution in [0.3, 0.4) is 0 Å². The minimum atomic E-state index is -1.24. The van der Waals surface area contributed by atoms with Gasteiger partial charge in [-0.2, -0.15) is 0 Å². The van der Waals surface area contributed by atoms with Crippen LogP contribution in [0.15, 0.2) is 54.6 Å². The highest BCUT2D eigenvalue weighted by Gasteiger charge is 2.75. The minimum Gasteiger partial charge on any atom is -0.396 e. The van der Waals surface area contributed by atoms with Crippen molar-refractivity contribution in [3.05, 3.63) is 54.6 Å². The molecule has 3 saturated heterocycles. The lowest BCUT2D eigenvalue weighted by molar-refractivity contribution is -0.152. The van der Waals surface area contributed by atoms with Crippen molar-refractivity contribution in [2.24, 2.45) is 11.8 Å². The molecule has 6 rings (SSSR count). The Morgan fingerprint density at radius 2 is 1.59 bits per heavy atom. The van der Waals surface area contributed by atoms with Gasteiger partial charge < -0.3 is 29.3 Å². The van der Waals surface area contributed by atoms with Crippen molar-refractivity contribution >= 4 is 23.4 Å². The molecule has 44 heavy (non-hydrogen) atoms. The number of hydrogen-bond donors (Lipinski definition) is 1. The van der Waals surface area contributed by atoms with Crippen LogP contribution in [0.1, 0.15) is 39.0 Å². The molecule has 1 aromatic rings. The second-order valence-corrected chi connectivity index (χ2v) is 12.6. The number of benzene rings is 1. The van der Waals surface area contributed by atoms with Gasteiger partial charge in [0.1, 0.15) is 11.6 Å². The van der Waals surface area contributed by atoms with Gasteiger partial charge in [0, 0.05) is 58.1 Å². The first-order chi connectivity index (χ1) is 21.5. The normalized spacial score (nSPS) is 32.1. The van der Waals surface area contributed by atoms with Crippen LogP contribution >= 0.6 is 0 Å². The molecule has 0 bridgehead atoms. The van der Waals surface area contributed by atoms with Crippen molar-refractivity contribution in [3.8, 4) is 0 Å². The third-order valence-corrected chi connectivity index (χ3v) is 10.2. The number of rotatable bonds is 11. The standard InChI is InChI=1S/C34H46N4O6/c1-2-33-14-10-18-37(26-12-6-5-7-13-26)30(40)27(33)28-31(41)38(17-8-3-4-9-23-39)29-32(42)36(16-11-15-34(28,29)44-33)20-19-35-21-24-43-25-22-35/h5-7,10-15,27-29,39H,2-4,8-9,16-25H2,1H3/t27-,28-,29?,33+,34-/m0/s1. The van der Waals surface area contributed by atoms with E-state index in [-0.39, 0.29) is 24.3 Å². The van der Waals surface area contributed by atoms with Gasteiger partial charge in [0.05, 0.1) is 30.7 Å². The molecule has 238 valence electrons. The van der Waals surface area contributed by atoms with Gasteiger partial charge in [0.2, 0.25) is 17.7 Å². The molecule has 10 heteroatoms. The maximum absolute atomic E-state index is 14.6. The Balaban J connectivity index is 1.35. The maximum atomic E-state index is 14.6. The van der Waals surface area contributed by atoms with Crippen molar-refractivity contribution in [2.75, 3.05) is 70.5 Å². The minimum absolute atomic E-state index is 0.117. The van der Waals surface area contributed by atoms with Gasteiger partial charge in [-0.3, -0.25) is 19.3 Å². The molecule has 1 spiro atoms. The predicted molar refractivity (Wildman–Crippen MR) is 166 cm³/mol. The molecule has 5 heterocycles. The Morgan fingerprint density at radius 3 is 2.34 bits per heavy atom. The summed E-state index contributed by atoms with van der Waals surface area (Å²) >= 11 is 0. The zero-order valence-electron chi connectivity index (χ0n) is 25.8. The Bertz CT molecular complexity index is 1270. The quantitative estimate of drug-likeness (QED) is 0.305. The second-order valence-electron chi connectivity index (χ2n) is 12.6. The Morgan fingerprint density at radius 1 is 0.841 bits per heavy atom. The number of ether oxygens (including phenoxy) is 2. The summed E-state index contributed by atoms with van der Waals surface area (Å²) in [5.74, 6) is -2.02. The number of carbonyl (C=O) groups is 3. The average molecular weight is 607 g/mol. The molecule has 1 N–H and O–H groups in total.